The summed E-state index contributed by atoms with van der Waals surface area (Å²) in [6.45, 7) is 3.80. The fraction of sp³-hybridized carbons (Fsp3) is 0.150. The second-order valence-electron chi connectivity index (χ2n) is 5.53. The molecule has 0 spiro atoms. The van der Waals surface area contributed by atoms with Crippen LogP contribution in [-0.2, 0) is 16.2 Å². The van der Waals surface area contributed by atoms with Gasteiger partial charge in [-0.3, -0.25) is 9.59 Å². The molecule has 146 valence electrons. The number of halogens is 1. The molecule has 2 N–H and O–H groups in total. The lowest BCUT2D eigenvalue weighted by Crippen LogP contribution is -2.37. The van der Waals surface area contributed by atoms with E-state index in [9.17, 15) is 14.0 Å². The van der Waals surface area contributed by atoms with Gasteiger partial charge in [0.05, 0.1) is 13.3 Å². The maximum atomic E-state index is 13.2. The Morgan fingerprint density at radius 3 is 2.71 bits per heavy atom. The molecule has 0 aromatic heterocycles. The van der Waals surface area contributed by atoms with Crippen molar-refractivity contribution in [1.29, 1.82) is 0 Å². The van der Waals surface area contributed by atoms with Crippen molar-refractivity contribution in [3.63, 3.8) is 0 Å². The summed E-state index contributed by atoms with van der Waals surface area (Å²) < 4.78 is 24.2. The predicted molar refractivity (Wildman–Crippen MR) is 103 cm³/mol. The van der Waals surface area contributed by atoms with Gasteiger partial charge in [-0.05, 0) is 41.5 Å². The Morgan fingerprint density at radius 1 is 1.18 bits per heavy atom. The molecule has 0 radical (unpaired) electrons. The Balaban J connectivity index is 1.97. The van der Waals surface area contributed by atoms with Crippen molar-refractivity contribution in [3.8, 4) is 11.5 Å². The summed E-state index contributed by atoms with van der Waals surface area (Å²) in [6, 6.07) is 11.1. The highest BCUT2D eigenvalue weighted by molar-refractivity contribution is 6.35. The summed E-state index contributed by atoms with van der Waals surface area (Å²) in [7, 11) is 1.48. The maximum absolute atomic E-state index is 13.2. The van der Waals surface area contributed by atoms with Crippen molar-refractivity contribution in [1.82, 2.24) is 10.7 Å². The predicted octanol–water partition coefficient (Wildman–Crippen LogP) is 2.17. The van der Waals surface area contributed by atoms with Gasteiger partial charge in [0.2, 0.25) is 0 Å². The van der Waals surface area contributed by atoms with E-state index in [1.165, 1.54) is 31.5 Å². The quantitative estimate of drug-likeness (QED) is 0.315. The van der Waals surface area contributed by atoms with Crippen LogP contribution in [0.3, 0.4) is 0 Å². The van der Waals surface area contributed by atoms with Crippen LogP contribution < -0.4 is 20.2 Å². The minimum atomic E-state index is -0.889. The van der Waals surface area contributed by atoms with Crippen LogP contribution in [-0.4, -0.2) is 31.7 Å². The number of carbonyl (C=O) groups excluding carboxylic acids is 2. The lowest BCUT2D eigenvalue weighted by atomic mass is 10.2. The molecule has 2 rings (SSSR count). The molecule has 0 fully saturated rings. The first-order chi connectivity index (χ1) is 13.5. The number of hydrogen-bond acceptors (Lipinski definition) is 5. The van der Waals surface area contributed by atoms with Crippen molar-refractivity contribution in [2.45, 2.75) is 6.61 Å². The summed E-state index contributed by atoms with van der Waals surface area (Å²) >= 11 is 0. The minimum Gasteiger partial charge on any atom is -0.493 e. The number of hydrogen-bond donors (Lipinski definition) is 2. The standard InChI is InChI=1S/C20H20FN3O4/c1-3-9-22-19(25)20(26)24-23-12-14-7-8-17(18(11-14)27-2)28-13-15-5-4-6-16(21)10-15/h3-8,10-12H,1,9,13H2,2H3,(H,22,25)(H,24,26)/b23-12-. The van der Waals surface area contributed by atoms with Crippen LogP contribution in [0.2, 0.25) is 0 Å². The van der Waals surface area contributed by atoms with Crippen molar-refractivity contribution >= 4 is 18.0 Å². The average Bonchev–Trinajstić information content (AvgIpc) is 2.70. The van der Waals surface area contributed by atoms with Crippen LogP contribution in [0.5, 0.6) is 11.5 Å². The summed E-state index contributed by atoms with van der Waals surface area (Å²) in [5.74, 6) is -1.12. The zero-order chi connectivity index (χ0) is 20.4. The SMILES string of the molecule is C=CCNC(=O)C(=O)N/N=C\c1ccc(OCc2cccc(F)c2)c(OC)c1. The van der Waals surface area contributed by atoms with Gasteiger partial charge in [-0.15, -0.1) is 6.58 Å². The molecule has 7 nitrogen and oxygen atoms in total. The van der Waals surface area contributed by atoms with Gasteiger partial charge < -0.3 is 14.8 Å². The van der Waals surface area contributed by atoms with E-state index in [-0.39, 0.29) is 19.0 Å². The second-order valence-corrected chi connectivity index (χ2v) is 5.53. The highest BCUT2D eigenvalue weighted by Crippen LogP contribution is 2.28. The molecule has 2 amide bonds. The minimum absolute atomic E-state index is 0.178. The van der Waals surface area contributed by atoms with Crippen molar-refractivity contribution in [2.24, 2.45) is 5.10 Å². The van der Waals surface area contributed by atoms with Crippen molar-refractivity contribution < 1.29 is 23.5 Å². The van der Waals surface area contributed by atoms with Gasteiger partial charge in [-0.2, -0.15) is 5.10 Å². The number of benzene rings is 2. The van der Waals surface area contributed by atoms with E-state index >= 15 is 0 Å². The number of carbonyl (C=O) groups is 2. The second kappa shape index (κ2) is 10.5. The highest BCUT2D eigenvalue weighted by atomic mass is 19.1. The molecule has 0 unspecified atom stereocenters. The lowest BCUT2D eigenvalue weighted by molar-refractivity contribution is -0.139. The van der Waals surface area contributed by atoms with Crippen LogP contribution in [0.1, 0.15) is 11.1 Å². The van der Waals surface area contributed by atoms with Gasteiger partial charge in [-0.25, -0.2) is 9.82 Å². The Morgan fingerprint density at radius 2 is 2.00 bits per heavy atom. The zero-order valence-electron chi connectivity index (χ0n) is 15.3. The van der Waals surface area contributed by atoms with E-state index in [1.54, 1.807) is 30.3 Å². The van der Waals surface area contributed by atoms with Gasteiger partial charge in [-0.1, -0.05) is 18.2 Å². The van der Waals surface area contributed by atoms with Crippen LogP contribution in [0.25, 0.3) is 0 Å². The topological polar surface area (TPSA) is 89.0 Å². The molecule has 28 heavy (non-hydrogen) atoms. The highest BCUT2D eigenvalue weighted by Gasteiger charge is 2.11. The monoisotopic (exact) mass is 385 g/mol. The molecule has 0 bridgehead atoms. The molecule has 0 saturated heterocycles. The molecule has 0 atom stereocenters. The third-order valence-electron chi connectivity index (χ3n) is 3.46. The average molecular weight is 385 g/mol. The van der Waals surface area contributed by atoms with Crippen molar-refractivity contribution in [2.75, 3.05) is 13.7 Å². The van der Waals surface area contributed by atoms with Gasteiger partial charge >= 0.3 is 11.8 Å². The number of hydrazone groups is 1. The number of ether oxygens (including phenoxy) is 2. The molecule has 0 aliphatic carbocycles. The van der Waals surface area contributed by atoms with Crippen LogP contribution in [0, 0.1) is 5.82 Å². The van der Waals surface area contributed by atoms with E-state index in [0.29, 0.717) is 22.6 Å². The first kappa shape index (κ1) is 20.6. The van der Waals surface area contributed by atoms with Crippen LogP contribution in [0.15, 0.2) is 60.2 Å². The van der Waals surface area contributed by atoms with Crippen LogP contribution in [0.4, 0.5) is 4.39 Å². The van der Waals surface area contributed by atoms with Crippen molar-refractivity contribution in [3.05, 3.63) is 72.1 Å². The first-order valence-corrected chi connectivity index (χ1v) is 8.31. The molecule has 0 aliphatic heterocycles. The van der Waals surface area contributed by atoms with E-state index in [1.807, 2.05) is 0 Å². The molecule has 2 aromatic carbocycles. The fourth-order valence-corrected chi connectivity index (χ4v) is 2.13. The molecule has 0 saturated carbocycles. The largest absolute Gasteiger partial charge is 0.493 e. The zero-order valence-corrected chi connectivity index (χ0v) is 15.3. The summed E-state index contributed by atoms with van der Waals surface area (Å²) in [6.07, 6.45) is 2.82. The molecular formula is C20H20FN3O4. The Bertz CT molecular complexity index is 884. The number of amides is 2. The van der Waals surface area contributed by atoms with E-state index in [2.05, 4.69) is 22.4 Å². The van der Waals surface area contributed by atoms with Gasteiger partial charge in [0.25, 0.3) is 0 Å². The third kappa shape index (κ3) is 6.24. The number of methoxy groups -OCH3 is 1. The van der Waals surface area contributed by atoms with E-state index in [4.69, 9.17) is 9.47 Å². The lowest BCUT2D eigenvalue weighted by Gasteiger charge is -2.11. The van der Waals surface area contributed by atoms with Crippen LogP contribution >= 0.6 is 0 Å². The summed E-state index contributed by atoms with van der Waals surface area (Å²) in [5.41, 5.74) is 3.42. The van der Waals surface area contributed by atoms with Gasteiger partial charge in [0.1, 0.15) is 12.4 Å². The molecule has 2 aromatic rings. The molecule has 0 aliphatic rings. The number of nitrogens with zero attached hydrogens (tertiary/aromatic N) is 1. The van der Waals surface area contributed by atoms with Gasteiger partial charge in [0, 0.05) is 6.54 Å². The fourth-order valence-electron chi connectivity index (χ4n) is 2.13. The van der Waals surface area contributed by atoms with E-state index < -0.39 is 11.8 Å². The Labute approximate surface area is 161 Å². The Kier molecular flexibility index (Phi) is 7.71. The first-order valence-electron chi connectivity index (χ1n) is 8.31. The maximum Gasteiger partial charge on any atom is 0.329 e. The van der Waals surface area contributed by atoms with E-state index in [0.717, 1.165) is 0 Å². The van der Waals surface area contributed by atoms with Gasteiger partial charge in [0.15, 0.2) is 11.5 Å². The third-order valence-corrected chi connectivity index (χ3v) is 3.46. The Hall–Kier alpha value is -3.68. The molecule has 8 heteroatoms. The summed E-state index contributed by atoms with van der Waals surface area (Å²) in [4.78, 5) is 22.9. The smallest absolute Gasteiger partial charge is 0.329 e. The summed E-state index contributed by atoms with van der Waals surface area (Å²) in [5, 5.41) is 6.06. The normalized spacial score (nSPS) is 10.4. The number of rotatable bonds is 8. The molecular weight excluding hydrogens is 365 g/mol. The molecule has 0 heterocycles. The number of nitrogens with one attached hydrogen (secondary N) is 2.